The molecule has 1 atom stereocenters. The molecule has 1 saturated heterocycles. The van der Waals surface area contributed by atoms with Crippen molar-refractivity contribution in [2.45, 2.75) is 10.9 Å². The molecule has 1 N–H and O–H groups in total. The number of phenolic OH excluding ortho intramolecular Hbond substituents is 1. The van der Waals surface area contributed by atoms with Gasteiger partial charge in [0.2, 0.25) is 5.75 Å². The summed E-state index contributed by atoms with van der Waals surface area (Å²) in [6.45, 7) is 0. The molecular weight excluding hydrogens is 497 g/mol. The Morgan fingerprint density at radius 1 is 1.31 bits per heavy atom. The second-order valence-corrected chi connectivity index (χ2v) is 8.62. The van der Waals surface area contributed by atoms with Crippen LogP contribution in [-0.2, 0) is 11.0 Å². The second kappa shape index (κ2) is 7.92. The van der Waals surface area contributed by atoms with Gasteiger partial charge in [0.15, 0.2) is 0 Å². The average molecular weight is 507 g/mol. The second-order valence-electron chi connectivity index (χ2n) is 5.80. The third kappa shape index (κ3) is 4.38. The highest BCUT2D eigenvalue weighted by molar-refractivity contribution is 9.10. The molecule has 29 heavy (non-hydrogen) atoms. The smallest absolute Gasteiger partial charge is 0.416 e. The van der Waals surface area contributed by atoms with E-state index in [1.165, 1.54) is 24.3 Å². The van der Waals surface area contributed by atoms with Crippen molar-refractivity contribution in [1.29, 1.82) is 0 Å². The van der Waals surface area contributed by atoms with Crippen LogP contribution in [0.3, 0.4) is 0 Å². The average Bonchev–Trinajstić information content (AvgIpc) is 2.90. The van der Waals surface area contributed by atoms with Crippen LogP contribution >= 0.6 is 40.3 Å². The summed E-state index contributed by atoms with van der Waals surface area (Å²) in [5.41, 5.74) is -1.18. The van der Waals surface area contributed by atoms with Crippen molar-refractivity contribution >= 4 is 63.7 Å². The number of nitro groups is 1. The zero-order valence-corrected chi connectivity index (χ0v) is 17.3. The van der Waals surface area contributed by atoms with Crippen LogP contribution in [0.1, 0.15) is 11.1 Å². The predicted octanol–water partition coefficient (Wildman–Crippen LogP) is 5.42. The molecule has 1 unspecified atom stereocenters. The van der Waals surface area contributed by atoms with Gasteiger partial charge in [-0.15, -0.1) is 12.6 Å². The Morgan fingerprint density at radius 2 is 2.00 bits per heavy atom. The highest BCUT2D eigenvalue weighted by Gasteiger charge is 2.37. The minimum Gasteiger partial charge on any atom is -0.501 e. The third-order valence-electron chi connectivity index (χ3n) is 3.89. The summed E-state index contributed by atoms with van der Waals surface area (Å²) in [5.74, 6) is -1.15. The Bertz CT molecular complexity index is 1050. The number of aromatic hydroxyl groups is 1. The lowest BCUT2D eigenvalue weighted by Gasteiger charge is -2.20. The lowest BCUT2D eigenvalue weighted by atomic mass is 10.1. The van der Waals surface area contributed by atoms with Crippen LogP contribution in [0.15, 0.2) is 45.8 Å². The van der Waals surface area contributed by atoms with Crippen molar-refractivity contribution in [1.82, 2.24) is 0 Å². The van der Waals surface area contributed by atoms with Crippen LogP contribution in [0.5, 0.6) is 5.75 Å². The standard InChI is InChI=1S/C17H10BrF3N2O4S2/c18-11-4-8(5-12(14(11)24)23(26)27)6-13-15(25)22(16(28)29-13)10-3-1-2-9(7-10)17(19,20)21/h1-7,16,24,28H/b13-6-. The summed E-state index contributed by atoms with van der Waals surface area (Å²) in [6.07, 6.45) is -3.21. The molecule has 0 aliphatic carbocycles. The largest absolute Gasteiger partial charge is 0.501 e. The Kier molecular flexibility index (Phi) is 5.88. The van der Waals surface area contributed by atoms with Crippen molar-refractivity contribution in [3.05, 3.63) is 67.0 Å². The molecule has 0 spiro atoms. The molecule has 0 radical (unpaired) electrons. The van der Waals surface area contributed by atoms with Crippen molar-refractivity contribution in [2.75, 3.05) is 4.90 Å². The van der Waals surface area contributed by atoms with E-state index in [9.17, 15) is 33.2 Å². The first kappa shape index (κ1) is 21.5. The highest BCUT2D eigenvalue weighted by atomic mass is 79.9. The quantitative estimate of drug-likeness (QED) is 0.251. The number of thiol groups is 1. The van der Waals surface area contributed by atoms with E-state index in [0.29, 0.717) is 0 Å². The van der Waals surface area contributed by atoms with E-state index in [-0.39, 0.29) is 20.6 Å². The number of halogens is 4. The SMILES string of the molecule is O=C1/C(=C/c2cc(Br)c(O)c([N+](=O)[O-])c2)SC(S)N1c1cccc(C(F)(F)F)c1. The molecule has 1 fully saturated rings. The molecule has 1 amide bonds. The number of nitro benzene ring substituents is 1. The van der Waals surface area contributed by atoms with Crippen LogP contribution in [0.2, 0.25) is 0 Å². The van der Waals surface area contributed by atoms with Gasteiger partial charge >= 0.3 is 11.9 Å². The van der Waals surface area contributed by atoms with Gasteiger partial charge < -0.3 is 5.11 Å². The van der Waals surface area contributed by atoms with Crippen LogP contribution in [0.25, 0.3) is 6.08 Å². The minimum absolute atomic E-state index is 0.0265. The number of anilines is 1. The predicted molar refractivity (Wildman–Crippen MR) is 110 cm³/mol. The first-order chi connectivity index (χ1) is 13.5. The maximum absolute atomic E-state index is 13.0. The monoisotopic (exact) mass is 506 g/mol. The van der Waals surface area contributed by atoms with Crippen molar-refractivity contribution < 1.29 is 28.0 Å². The first-order valence-electron chi connectivity index (χ1n) is 7.73. The lowest BCUT2D eigenvalue weighted by Crippen LogP contribution is -2.29. The molecule has 1 heterocycles. The molecule has 0 bridgehead atoms. The highest BCUT2D eigenvalue weighted by Crippen LogP contribution is 2.43. The first-order valence-corrected chi connectivity index (χ1v) is 9.92. The Hall–Kier alpha value is -2.18. The van der Waals surface area contributed by atoms with E-state index in [1.807, 2.05) is 0 Å². The number of amides is 1. The van der Waals surface area contributed by atoms with Crippen LogP contribution in [-0.4, -0.2) is 20.6 Å². The Balaban J connectivity index is 1.98. The van der Waals surface area contributed by atoms with Gasteiger partial charge in [-0.05, 0) is 51.8 Å². The number of benzene rings is 2. The van der Waals surface area contributed by atoms with Gasteiger partial charge in [0.25, 0.3) is 5.91 Å². The van der Waals surface area contributed by atoms with E-state index < -0.39 is 38.7 Å². The van der Waals surface area contributed by atoms with Crippen molar-refractivity contribution in [2.24, 2.45) is 0 Å². The van der Waals surface area contributed by atoms with Gasteiger partial charge in [-0.2, -0.15) is 13.2 Å². The molecular formula is C17H10BrF3N2O4S2. The van der Waals surface area contributed by atoms with Crippen molar-refractivity contribution in [3.8, 4) is 5.75 Å². The lowest BCUT2D eigenvalue weighted by molar-refractivity contribution is -0.386. The number of carbonyl (C=O) groups excluding carboxylic acids is 1. The molecule has 0 aromatic heterocycles. The summed E-state index contributed by atoms with van der Waals surface area (Å²) in [5, 5.41) is 20.8. The molecule has 2 aromatic carbocycles. The fourth-order valence-electron chi connectivity index (χ4n) is 2.59. The van der Waals surface area contributed by atoms with E-state index in [1.54, 1.807) is 0 Å². The maximum atomic E-state index is 13.0. The normalized spacial score (nSPS) is 18.5. The number of hydrogen-bond acceptors (Lipinski definition) is 6. The number of alkyl halides is 3. The summed E-state index contributed by atoms with van der Waals surface area (Å²) >= 11 is 8.26. The molecule has 2 aromatic rings. The zero-order valence-electron chi connectivity index (χ0n) is 14.1. The summed E-state index contributed by atoms with van der Waals surface area (Å²) in [7, 11) is 0. The fraction of sp³-hybridized carbons (Fsp3) is 0.118. The number of phenols is 1. The minimum atomic E-state index is -4.56. The molecule has 1 aliphatic rings. The number of nitrogens with zero attached hydrogens (tertiary/aromatic N) is 2. The number of thioether (sulfide) groups is 1. The molecule has 1 aliphatic heterocycles. The van der Waals surface area contributed by atoms with Gasteiger partial charge in [0, 0.05) is 11.8 Å². The Labute approximate surface area is 180 Å². The topological polar surface area (TPSA) is 83.7 Å². The van der Waals surface area contributed by atoms with Gasteiger partial charge in [-0.25, -0.2) is 0 Å². The van der Waals surface area contributed by atoms with E-state index in [2.05, 4.69) is 28.6 Å². The number of carbonyl (C=O) groups is 1. The number of hydrogen-bond donors (Lipinski definition) is 2. The van der Waals surface area contributed by atoms with Gasteiger partial charge in [0.05, 0.1) is 19.9 Å². The van der Waals surface area contributed by atoms with Crippen LogP contribution in [0, 0.1) is 10.1 Å². The molecule has 6 nitrogen and oxygen atoms in total. The molecule has 12 heteroatoms. The maximum Gasteiger partial charge on any atom is 0.416 e. The summed E-state index contributed by atoms with van der Waals surface area (Å²) in [4.78, 5) is 24.3. The number of rotatable bonds is 3. The van der Waals surface area contributed by atoms with E-state index in [0.717, 1.165) is 34.9 Å². The van der Waals surface area contributed by atoms with E-state index >= 15 is 0 Å². The van der Waals surface area contributed by atoms with Gasteiger partial charge in [0.1, 0.15) is 4.71 Å². The fourth-order valence-corrected chi connectivity index (χ4v) is 4.59. The Morgan fingerprint density at radius 3 is 2.62 bits per heavy atom. The van der Waals surface area contributed by atoms with Gasteiger partial charge in [-0.1, -0.05) is 17.8 Å². The molecule has 0 saturated carbocycles. The third-order valence-corrected chi connectivity index (χ3v) is 6.01. The van der Waals surface area contributed by atoms with E-state index in [4.69, 9.17) is 0 Å². The van der Waals surface area contributed by atoms with Crippen LogP contribution < -0.4 is 4.90 Å². The summed E-state index contributed by atoms with van der Waals surface area (Å²) < 4.78 is 38.2. The molecule has 3 rings (SSSR count). The zero-order chi connectivity index (χ0) is 21.5. The van der Waals surface area contributed by atoms with Crippen molar-refractivity contribution in [3.63, 3.8) is 0 Å². The molecule has 152 valence electrons. The summed E-state index contributed by atoms with van der Waals surface area (Å²) in [6, 6.07) is 6.77. The van der Waals surface area contributed by atoms with Gasteiger partial charge in [-0.3, -0.25) is 19.8 Å². The van der Waals surface area contributed by atoms with Crippen LogP contribution in [0.4, 0.5) is 24.5 Å².